The van der Waals surface area contributed by atoms with Crippen LogP contribution in [0.15, 0.2) is 36.5 Å². The van der Waals surface area contributed by atoms with E-state index < -0.39 is 25.9 Å². The lowest BCUT2D eigenvalue weighted by Crippen LogP contribution is -2.37. The van der Waals surface area contributed by atoms with Crippen molar-refractivity contribution in [1.82, 2.24) is 14.3 Å². The highest BCUT2D eigenvalue weighted by atomic mass is 32.2. The fourth-order valence-electron chi connectivity index (χ4n) is 4.01. The van der Waals surface area contributed by atoms with Crippen LogP contribution in [-0.2, 0) is 20.0 Å². The molecule has 4 rings (SSSR count). The van der Waals surface area contributed by atoms with Crippen LogP contribution in [0.3, 0.4) is 0 Å². The Balaban J connectivity index is 1.69. The second-order valence-corrected chi connectivity index (χ2v) is 11.6. The predicted molar refractivity (Wildman–Crippen MR) is 118 cm³/mol. The Bertz CT molecular complexity index is 1340. The molecule has 1 fully saturated rings. The van der Waals surface area contributed by atoms with Gasteiger partial charge in [0.1, 0.15) is 11.5 Å². The number of rotatable bonds is 5. The Morgan fingerprint density at radius 1 is 1.06 bits per heavy atom. The topological polar surface area (TPSA) is 112 Å². The third-order valence-electron chi connectivity index (χ3n) is 5.48. The lowest BCUT2D eigenvalue weighted by Gasteiger charge is -2.29. The van der Waals surface area contributed by atoms with Crippen molar-refractivity contribution in [1.29, 1.82) is 0 Å². The second-order valence-electron chi connectivity index (χ2n) is 7.85. The van der Waals surface area contributed by atoms with E-state index in [1.165, 1.54) is 28.8 Å². The Kier molecular flexibility index (Phi) is 5.52. The molecule has 0 aliphatic carbocycles. The van der Waals surface area contributed by atoms with Crippen molar-refractivity contribution in [2.45, 2.75) is 18.8 Å². The Hall–Kier alpha value is -2.50. The maximum absolute atomic E-state index is 14.7. The van der Waals surface area contributed by atoms with Crippen LogP contribution < -0.4 is 4.72 Å². The van der Waals surface area contributed by atoms with Gasteiger partial charge in [-0.25, -0.2) is 30.5 Å². The highest BCUT2D eigenvalue weighted by Crippen LogP contribution is 2.35. The summed E-state index contributed by atoms with van der Waals surface area (Å²) < 4.78 is 65.1. The van der Waals surface area contributed by atoms with Gasteiger partial charge in [0.15, 0.2) is 0 Å². The van der Waals surface area contributed by atoms with Gasteiger partial charge in [-0.3, -0.25) is 4.72 Å². The van der Waals surface area contributed by atoms with E-state index in [1.54, 1.807) is 12.3 Å². The number of nitrogens with one attached hydrogen (secondary N) is 2. The maximum Gasteiger partial charge on any atom is 0.229 e. The summed E-state index contributed by atoms with van der Waals surface area (Å²) in [5.41, 5.74) is 2.65. The van der Waals surface area contributed by atoms with E-state index in [4.69, 9.17) is 0 Å². The van der Waals surface area contributed by atoms with Crippen molar-refractivity contribution in [3.63, 3.8) is 0 Å². The van der Waals surface area contributed by atoms with E-state index in [1.807, 2.05) is 6.07 Å². The van der Waals surface area contributed by atoms with Crippen LogP contribution in [0.25, 0.3) is 22.2 Å². The van der Waals surface area contributed by atoms with Gasteiger partial charge in [0.2, 0.25) is 20.0 Å². The van der Waals surface area contributed by atoms with Gasteiger partial charge in [-0.15, -0.1) is 0 Å². The first kappa shape index (κ1) is 21.7. The van der Waals surface area contributed by atoms with Crippen LogP contribution in [0.4, 0.5) is 10.1 Å². The van der Waals surface area contributed by atoms with Crippen LogP contribution >= 0.6 is 0 Å². The number of H-pyrrole nitrogens is 1. The van der Waals surface area contributed by atoms with E-state index in [2.05, 4.69) is 14.7 Å². The van der Waals surface area contributed by atoms with Gasteiger partial charge >= 0.3 is 0 Å². The van der Waals surface area contributed by atoms with E-state index in [0.717, 1.165) is 17.3 Å². The lowest BCUT2D eigenvalue weighted by molar-refractivity contribution is 0.319. The Morgan fingerprint density at radius 2 is 1.77 bits per heavy atom. The SMILES string of the molecule is CS(=O)(=O)Nc1ccc(F)c(-c2ccnc3[nH]c(C4CCN(S(C)(=O)=O)CC4)cc23)c1. The van der Waals surface area contributed by atoms with Gasteiger partial charge in [0.05, 0.1) is 12.5 Å². The van der Waals surface area contributed by atoms with Gasteiger partial charge in [0.25, 0.3) is 0 Å². The average molecular weight is 467 g/mol. The summed E-state index contributed by atoms with van der Waals surface area (Å²) in [6, 6.07) is 7.67. The molecule has 0 amide bonds. The number of fused-ring (bicyclic) bond motifs is 1. The first-order chi connectivity index (χ1) is 14.5. The van der Waals surface area contributed by atoms with Gasteiger partial charge in [-0.2, -0.15) is 0 Å². The number of piperidine rings is 1. The molecule has 2 aromatic heterocycles. The van der Waals surface area contributed by atoms with Crippen molar-refractivity contribution in [3.8, 4) is 11.1 Å². The van der Waals surface area contributed by atoms with Gasteiger partial charge in [-0.05, 0) is 48.7 Å². The van der Waals surface area contributed by atoms with E-state index in [0.29, 0.717) is 37.1 Å². The monoisotopic (exact) mass is 466 g/mol. The van der Waals surface area contributed by atoms with Crippen molar-refractivity contribution in [3.05, 3.63) is 48.0 Å². The number of pyridine rings is 1. The summed E-state index contributed by atoms with van der Waals surface area (Å²) in [5, 5.41) is 0.721. The number of nitrogens with zero attached hydrogens (tertiary/aromatic N) is 2. The largest absolute Gasteiger partial charge is 0.343 e. The Morgan fingerprint density at radius 3 is 2.42 bits per heavy atom. The molecule has 8 nitrogen and oxygen atoms in total. The van der Waals surface area contributed by atoms with Crippen LogP contribution in [0.1, 0.15) is 24.5 Å². The fraction of sp³-hybridized carbons (Fsp3) is 0.350. The third kappa shape index (κ3) is 4.73. The molecule has 31 heavy (non-hydrogen) atoms. The molecule has 0 bridgehead atoms. The van der Waals surface area contributed by atoms with Crippen LogP contribution in [0.5, 0.6) is 0 Å². The van der Waals surface area contributed by atoms with Crippen LogP contribution in [0.2, 0.25) is 0 Å². The van der Waals surface area contributed by atoms with E-state index >= 15 is 0 Å². The number of hydrogen-bond donors (Lipinski definition) is 2. The van der Waals surface area contributed by atoms with Gasteiger partial charge in [-0.1, -0.05) is 0 Å². The molecule has 0 unspecified atom stereocenters. The molecule has 0 spiro atoms. The first-order valence-electron chi connectivity index (χ1n) is 9.72. The fourth-order valence-corrected chi connectivity index (χ4v) is 5.44. The highest BCUT2D eigenvalue weighted by molar-refractivity contribution is 7.92. The minimum Gasteiger partial charge on any atom is -0.343 e. The molecule has 3 heterocycles. The molecular weight excluding hydrogens is 443 g/mol. The molecule has 1 aliphatic rings. The molecule has 0 radical (unpaired) electrons. The molecule has 3 aromatic rings. The van der Waals surface area contributed by atoms with Crippen LogP contribution in [-0.4, -0.2) is 56.7 Å². The number of anilines is 1. The minimum atomic E-state index is -3.49. The summed E-state index contributed by atoms with van der Waals surface area (Å²) in [5.74, 6) is -0.334. The molecule has 0 atom stereocenters. The van der Waals surface area contributed by atoms with E-state index in [-0.39, 0.29) is 17.2 Å². The molecule has 1 aliphatic heterocycles. The normalized spacial score (nSPS) is 16.6. The predicted octanol–water partition coefficient (Wildman–Crippen LogP) is 2.88. The zero-order chi connectivity index (χ0) is 22.4. The maximum atomic E-state index is 14.7. The lowest BCUT2D eigenvalue weighted by atomic mass is 9.94. The third-order valence-corrected chi connectivity index (χ3v) is 7.38. The molecule has 2 N–H and O–H groups in total. The van der Waals surface area contributed by atoms with Gasteiger partial charge < -0.3 is 4.98 Å². The zero-order valence-corrected chi connectivity index (χ0v) is 18.7. The van der Waals surface area contributed by atoms with Crippen molar-refractivity contribution < 1.29 is 21.2 Å². The summed E-state index contributed by atoms with van der Waals surface area (Å²) in [4.78, 5) is 7.64. The minimum absolute atomic E-state index is 0.142. The standard InChI is InChI=1S/C20H23FN4O4S2/c1-30(26,27)24-14-3-4-18(21)16(11-14)15-5-8-22-20-17(15)12-19(23-20)13-6-9-25(10-7-13)31(2,28)29/h3-5,8,11-13,24H,6-7,9-10H2,1-2H3,(H,22,23). The van der Waals surface area contributed by atoms with Crippen molar-refractivity contribution in [2.24, 2.45) is 0 Å². The number of hydrogen-bond acceptors (Lipinski definition) is 5. The van der Waals surface area contributed by atoms with E-state index in [9.17, 15) is 21.2 Å². The number of benzene rings is 1. The first-order valence-corrected chi connectivity index (χ1v) is 13.5. The zero-order valence-electron chi connectivity index (χ0n) is 17.1. The quantitative estimate of drug-likeness (QED) is 0.601. The molecule has 1 aromatic carbocycles. The molecule has 0 saturated carbocycles. The molecule has 1 saturated heterocycles. The van der Waals surface area contributed by atoms with Crippen LogP contribution in [0, 0.1) is 5.82 Å². The van der Waals surface area contributed by atoms with Crippen molar-refractivity contribution >= 4 is 36.8 Å². The smallest absolute Gasteiger partial charge is 0.229 e. The number of aromatic amines is 1. The molecular formula is C20H23FN4O4S2. The summed E-state index contributed by atoms with van der Waals surface area (Å²) in [6.07, 6.45) is 5.18. The average Bonchev–Trinajstić information content (AvgIpc) is 3.12. The second kappa shape index (κ2) is 7.88. The summed E-state index contributed by atoms with van der Waals surface area (Å²) >= 11 is 0. The Labute approximate surface area is 180 Å². The molecule has 11 heteroatoms. The number of halogens is 1. The highest BCUT2D eigenvalue weighted by Gasteiger charge is 2.27. The number of sulfonamides is 2. The van der Waals surface area contributed by atoms with Crippen molar-refractivity contribution in [2.75, 3.05) is 30.3 Å². The van der Waals surface area contributed by atoms with Gasteiger partial charge in [0, 0.05) is 47.5 Å². The summed E-state index contributed by atoms with van der Waals surface area (Å²) in [7, 11) is -6.70. The summed E-state index contributed by atoms with van der Waals surface area (Å²) in [6.45, 7) is 0.903. The molecule has 166 valence electrons. The number of aromatic nitrogens is 2.